The van der Waals surface area contributed by atoms with Gasteiger partial charge in [-0.15, -0.1) is 0 Å². The van der Waals surface area contributed by atoms with E-state index >= 15 is 0 Å². The van der Waals surface area contributed by atoms with Gasteiger partial charge in [0.15, 0.2) is 0 Å². The second-order valence-corrected chi connectivity index (χ2v) is 6.04. The summed E-state index contributed by atoms with van der Waals surface area (Å²) in [5, 5.41) is 12.4. The van der Waals surface area contributed by atoms with Crippen LogP contribution in [0.2, 0.25) is 0 Å². The molecule has 2 N–H and O–H groups in total. The average Bonchev–Trinajstić information content (AvgIpc) is 3.00. The van der Waals surface area contributed by atoms with Gasteiger partial charge < -0.3 is 15.3 Å². The number of aliphatic hydroxyl groups excluding tert-OH is 1. The zero-order chi connectivity index (χ0) is 16.7. The van der Waals surface area contributed by atoms with Gasteiger partial charge in [-0.2, -0.15) is 0 Å². The number of aliphatic hydroxyl groups is 1. The van der Waals surface area contributed by atoms with E-state index in [0.29, 0.717) is 13.0 Å². The van der Waals surface area contributed by atoms with E-state index in [1.54, 1.807) is 4.90 Å². The molecule has 1 heterocycles. The Labute approximate surface area is 137 Å². The van der Waals surface area contributed by atoms with Crippen LogP contribution in [-0.2, 0) is 16.0 Å². The van der Waals surface area contributed by atoms with E-state index in [1.807, 2.05) is 24.3 Å². The van der Waals surface area contributed by atoms with Crippen LogP contribution in [0, 0.1) is 0 Å². The molecule has 0 aliphatic carbocycles. The minimum atomic E-state index is -0.429. The maximum absolute atomic E-state index is 12.3. The summed E-state index contributed by atoms with van der Waals surface area (Å²) in [6.07, 6.45) is 3.88. The van der Waals surface area contributed by atoms with Crippen LogP contribution >= 0.6 is 0 Å². The summed E-state index contributed by atoms with van der Waals surface area (Å²) in [5.74, 6) is -0.267. The molecule has 0 bridgehead atoms. The maximum atomic E-state index is 12.3. The predicted molar refractivity (Wildman–Crippen MR) is 90.3 cm³/mol. The van der Waals surface area contributed by atoms with Gasteiger partial charge in [0.05, 0.1) is 12.6 Å². The van der Waals surface area contributed by atoms with Crippen LogP contribution in [0.4, 0.5) is 5.69 Å². The fourth-order valence-corrected chi connectivity index (χ4v) is 2.84. The smallest absolute Gasteiger partial charge is 0.246 e. The number of carbonyl (C=O) groups excluding carboxylic acids is 2. The third kappa shape index (κ3) is 5.06. The highest BCUT2D eigenvalue weighted by atomic mass is 16.3. The maximum Gasteiger partial charge on any atom is 0.246 e. The molecule has 0 aromatic heterocycles. The Kier molecular flexibility index (Phi) is 6.59. The van der Waals surface area contributed by atoms with Crippen molar-refractivity contribution in [1.29, 1.82) is 0 Å². The summed E-state index contributed by atoms with van der Waals surface area (Å²) < 4.78 is 0. The van der Waals surface area contributed by atoms with Crippen molar-refractivity contribution >= 4 is 17.5 Å². The minimum Gasteiger partial charge on any atom is -0.393 e. The molecule has 0 spiro atoms. The number of nitrogens with one attached hydrogen (secondary N) is 1. The van der Waals surface area contributed by atoms with Crippen LogP contribution < -0.4 is 10.2 Å². The third-order valence-corrected chi connectivity index (χ3v) is 4.22. The Hall–Kier alpha value is -1.88. The molecule has 2 amide bonds. The topological polar surface area (TPSA) is 69.6 Å². The summed E-state index contributed by atoms with van der Waals surface area (Å²) in [4.78, 5) is 25.8. The first-order valence-electron chi connectivity index (χ1n) is 8.45. The quantitative estimate of drug-likeness (QED) is 0.770. The zero-order valence-corrected chi connectivity index (χ0v) is 13.8. The van der Waals surface area contributed by atoms with Crippen molar-refractivity contribution in [2.45, 2.75) is 51.6 Å². The first-order valence-corrected chi connectivity index (χ1v) is 8.45. The first-order chi connectivity index (χ1) is 11.1. The summed E-state index contributed by atoms with van der Waals surface area (Å²) in [6.45, 7) is 2.75. The second-order valence-electron chi connectivity index (χ2n) is 6.04. The molecule has 1 aliphatic rings. The molecule has 5 heteroatoms. The van der Waals surface area contributed by atoms with Crippen molar-refractivity contribution in [3.05, 3.63) is 29.8 Å². The van der Waals surface area contributed by atoms with Crippen molar-refractivity contribution < 1.29 is 14.7 Å². The van der Waals surface area contributed by atoms with E-state index in [1.165, 1.54) is 5.56 Å². The van der Waals surface area contributed by atoms with Gasteiger partial charge in [-0.25, -0.2) is 0 Å². The normalized spacial score (nSPS) is 14.4. The Morgan fingerprint density at radius 1 is 1.30 bits per heavy atom. The number of unbranched alkanes of at least 4 members (excludes halogenated alkanes) is 1. The van der Waals surface area contributed by atoms with Crippen LogP contribution in [0.5, 0.6) is 0 Å². The lowest BCUT2D eigenvalue weighted by Crippen LogP contribution is -2.39. The molecule has 0 saturated carbocycles. The summed E-state index contributed by atoms with van der Waals surface area (Å²) in [5.41, 5.74) is 2.12. The van der Waals surface area contributed by atoms with Gasteiger partial charge >= 0.3 is 0 Å². The molecular weight excluding hydrogens is 292 g/mol. The zero-order valence-electron chi connectivity index (χ0n) is 13.8. The van der Waals surface area contributed by atoms with Crippen molar-refractivity contribution in [1.82, 2.24) is 5.32 Å². The molecule has 23 heavy (non-hydrogen) atoms. The fourth-order valence-electron chi connectivity index (χ4n) is 2.84. The molecule has 1 aromatic carbocycles. The van der Waals surface area contributed by atoms with Gasteiger partial charge in [0.2, 0.25) is 11.8 Å². The van der Waals surface area contributed by atoms with Gasteiger partial charge in [0.25, 0.3) is 0 Å². The SMILES string of the molecule is CCCCC(O)CCC(=O)NCC(=O)N1CCc2ccccc21. The number of nitrogens with zero attached hydrogens (tertiary/aromatic N) is 1. The van der Waals surface area contributed by atoms with Crippen LogP contribution in [-0.4, -0.2) is 36.1 Å². The van der Waals surface area contributed by atoms with Gasteiger partial charge in [0, 0.05) is 18.7 Å². The molecule has 5 nitrogen and oxygen atoms in total. The number of para-hydroxylation sites is 1. The first kappa shape index (κ1) is 17.5. The Morgan fingerprint density at radius 3 is 2.87 bits per heavy atom. The second kappa shape index (κ2) is 8.67. The monoisotopic (exact) mass is 318 g/mol. The molecule has 0 radical (unpaired) electrons. The number of fused-ring (bicyclic) bond motifs is 1. The number of amides is 2. The van der Waals surface area contributed by atoms with Crippen LogP contribution in [0.1, 0.15) is 44.6 Å². The number of hydrogen-bond acceptors (Lipinski definition) is 3. The van der Waals surface area contributed by atoms with Crippen molar-refractivity contribution in [3.8, 4) is 0 Å². The highest BCUT2D eigenvalue weighted by Crippen LogP contribution is 2.27. The van der Waals surface area contributed by atoms with E-state index in [2.05, 4.69) is 12.2 Å². The van der Waals surface area contributed by atoms with Crippen molar-refractivity contribution in [2.24, 2.45) is 0 Å². The summed E-state index contributed by atoms with van der Waals surface area (Å²) in [6, 6.07) is 7.85. The molecule has 0 saturated heterocycles. The number of carbonyl (C=O) groups is 2. The lowest BCUT2D eigenvalue weighted by molar-refractivity contribution is -0.125. The van der Waals surface area contributed by atoms with E-state index in [0.717, 1.165) is 31.4 Å². The standard InChI is InChI=1S/C18H26N2O3/c1-2-3-7-15(21)9-10-17(22)19-13-18(23)20-12-11-14-6-4-5-8-16(14)20/h4-6,8,15,21H,2-3,7,9-13H2,1H3,(H,19,22). The molecular formula is C18H26N2O3. The van der Waals surface area contributed by atoms with Crippen LogP contribution in [0.3, 0.4) is 0 Å². The largest absolute Gasteiger partial charge is 0.393 e. The minimum absolute atomic E-state index is 0.0121. The molecule has 1 aliphatic heterocycles. The average molecular weight is 318 g/mol. The number of anilines is 1. The fraction of sp³-hybridized carbons (Fsp3) is 0.556. The summed E-state index contributed by atoms with van der Waals surface area (Å²) in [7, 11) is 0. The van der Waals surface area contributed by atoms with Gasteiger partial charge in [-0.1, -0.05) is 38.0 Å². The number of rotatable bonds is 8. The van der Waals surface area contributed by atoms with Crippen LogP contribution in [0.25, 0.3) is 0 Å². The number of benzene rings is 1. The Balaban J connectivity index is 1.72. The highest BCUT2D eigenvalue weighted by Gasteiger charge is 2.24. The molecule has 126 valence electrons. The molecule has 0 fully saturated rings. The highest BCUT2D eigenvalue weighted by molar-refractivity contribution is 5.98. The van der Waals surface area contributed by atoms with Crippen molar-refractivity contribution in [3.63, 3.8) is 0 Å². The predicted octanol–water partition coefficient (Wildman–Crippen LogP) is 2.02. The van der Waals surface area contributed by atoms with Crippen molar-refractivity contribution in [2.75, 3.05) is 18.0 Å². The van der Waals surface area contributed by atoms with E-state index < -0.39 is 6.10 Å². The summed E-state index contributed by atoms with van der Waals surface area (Å²) >= 11 is 0. The molecule has 1 atom stereocenters. The molecule has 1 aromatic rings. The Morgan fingerprint density at radius 2 is 2.09 bits per heavy atom. The number of hydrogen-bond donors (Lipinski definition) is 2. The van der Waals surface area contributed by atoms with E-state index in [9.17, 15) is 14.7 Å². The van der Waals surface area contributed by atoms with Crippen LogP contribution in [0.15, 0.2) is 24.3 Å². The van der Waals surface area contributed by atoms with Gasteiger partial charge in [0.1, 0.15) is 0 Å². The lowest BCUT2D eigenvalue weighted by atomic mass is 10.1. The van der Waals surface area contributed by atoms with Gasteiger partial charge in [-0.3, -0.25) is 9.59 Å². The molecule has 1 unspecified atom stereocenters. The molecule has 2 rings (SSSR count). The third-order valence-electron chi connectivity index (χ3n) is 4.22. The van der Waals surface area contributed by atoms with Gasteiger partial charge in [-0.05, 0) is 30.9 Å². The van der Waals surface area contributed by atoms with E-state index in [4.69, 9.17) is 0 Å². The Bertz CT molecular complexity index is 545. The van der Waals surface area contributed by atoms with E-state index in [-0.39, 0.29) is 24.8 Å². The lowest BCUT2D eigenvalue weighted by Gasteiger charge is -2.17.